The number of hydrogen-bond acceptors (Lipinski definition) is 4. The molecular weight excluding hydrogens is 184 g/mol. The monoisotopic (exact) mass is 194 g/mol. The lowest BCUT2D eigenvalue weighted by molar-refractivity contribution is -0.316. The molecule has 0 aromatic carbocycles. The third-order valence-electron chi connectivity index (χ3n) is 3.33. The van der Waals surface area contributed by atoms with Gasteiger partial charge < -0.3 is 19.8 Å². The number of carboxylic acid groups (broad SMARTS) is 2. The molecule has 2 aliphatic carbocycles. The molecule has 1 fully saturated rings. The van der Waals surface area contributed by atoms with Gasteiger partial charge in [0.05, 0.1) is 0 Å². The molecule has 2 rings (SSSR count). The van der Waals surface area contributed by atoms with Crippen LogP contribution in [0.15, 0.2) is 12.2 Å². The predicted molar refractivity (Wildman–Crippen MR) is 42.4 cm³/mol. The molecule has 4 nitrogen and oxygen atoms in total. The van der Waals surface area contributed by atoms with E-state index in [-0.39, 0.29) is 12.3 Å². The van der Waals surface area contributed by atoms with Gasteiger partial charge in [-0.2, -0.15) is 0 Å². The average molecular weight is 194 g/mol. The highest BCUT2D eigenvalue weighted by Gasteiger charge is 2.48. The maximum Gasteiger partial charge on any atom is 0.0454 e. The summed E-state index contributed by atoms with van der Waals surface area (Å²) < 4.78 is 0. The highest BCUT2D eigenvalue weighted by molar-refractivity contribution is 5.74. The number of carbonyl (C=O) groups is 2. The third kappa shape index (κ3) is 1.22. The van der Waals surface area contributed by atoms with Gasteiger partial charge in [-0.1, -0.05) is 12.2 Å². The van der Waals surface area contributed by atoms with Crippen molar-refractivity contribution in [2.45, 2.75) is 19.3 Å². The molecule has 0 radical (unpaired) electrons. The first-order valence-electron chi connectivity index (χ1n) is 4.63. The molecule has 0 aromatic rings. The van der Waals surface area contributed by atoms with Crippen molar-refractivity contribution >= 4 is 11.9 Å². The molecule has 14 heavy (non-hydrogen) atoms. The Morgan fingerprint density at radius 2 is 2.14 bits per heavy atom. The fraction of sp³-hybridized carbons (Fsp3) is 0.600. The summed E-state index contributed by atoms with van der Waals surface area (Å²) in [5, 5.41) is 21.4. The smallest absolute Gasteiger partial charge is 0.0454 e. The van der Waals surface area contributed by atoms with E-state index in [4.69, 9.17) is 0 Å². The second-order valence-electron chi connectivity index (χ2n) is 4.21. The number of aliphatic carboxylic acids is 2. The SMILES string of the molecule is O=C([O-])C[C@@]12C=C[C@H](C[C@H]1C(=O)[O-])C2. The van der Waals surface area contributed by atoms with Crippen LogP contribution in [0.1, 0.15) is 19.3 Å². The molecule has 0 N–H and O–H groups in total. The van der Waals surface area contributed by atoms with Crippen LogP contribution in [0, 0.1) is 17.3 Å². The highest BCUT2D eigenvalue weighted by Crippen LogP contribution is 2.54. The Labute approximate surface area is 81.2 Å². The summed E-state index contributed by atoms with van der Waals surface area (Å²) in [4.78, 5) is 21.4. The van der Waals surface area contributed by atoms with Crippen molar-refractivity contribution < 1.29 is 19.8 Å². The summed E-state index contributed by atoms with van der Waals surface area (Å²) in [6, 6.07) is 0. The molecule has 2 aliphatic rings. The number of allylic oxidation sites excluding steroid dienone is 2. The molecule has 0 spiro atoms. The van der Waals surface area contributed by atoms with Gasteiger partial charge in [-0.3, -0.25) is 0 Å². The average Bonchev–Trinajstić information content (AvgIpc) is 2.58. The van der Waals surface area contributed by atoms with Crippen molar-refractivity contribution in [3.63, 3.8) is 0 Å². The van der Waals surface area contributed by atoms with Crippen molar-refractivity contribution in [2.75, 3.05) is 0 Å². The topological polar surface area (TPSA) is 80.3 Å². The minimum Gasteiger partial charge on any atom is -0.550 e. The summed E-state index contributed by atoms with van der Waals surface area (Å²) in [6.07, 6.45) is 4.53. The number of carbonyl (C=O) groups excluding carboxylic acids is 2. The van der Waals surface area contributed by atoms with Crippen LogP contribution in [0.2, 0.25) is 0 Å². The van der Waals surface area contributed by atoms with E-state index in [1.807, 2.05) is 6.08 Å². The van der Waals surface area contributed by atoms with Gasteiger partial charge in [0.2, 0.25) is 0 Å². The Bertz CT molecular complexity index is 320. The molecule has 4 heteroatoms. The van der Waals surface area contributed by atoms with Crippen molar-refractivity contribution in [3.8, 4) is 0 Å². The molecule has 3 atom stereocenters. The third-order valence-corrected chi connectivity index (χ3v) is 3.33. The van der Waals surface area contributed by atoms with Crippen molar-refractivity contribution in [1.29, 1.82) is 0 Å². The fourth-order valence-electron chi connectivity index (χ4n) is 2.76. The Hall–Kier alpha value is -1.32. The van der Waals surface area contributed by atoms with Gasteiger partial charge in [0.1, 0.15) is 0 Å². The number of carboxylic acids is 2. The standard InChI is InChI=1S/C10H12O4/c11-8(12)5-10-2-1-6(4-10)3-7(10)9(13)14/h1-2,6-7H,3-5H2,(H,11,12)(H,13,14)/p-2/t6-,7+,10+/m1/s1. The lowest BCUT2D eigenvalue weighted by Gasteiger charge is -2.33. The van der Waals surface area contributed by atoms with Gasteiger partial charge in [-0.15, -0.1) is 0 Å². The number of rotatable bonds is 3. The second-order valence-corrected chi connectivity index (χ2v) is 4.21. The minimum absolute atomic E-state index is 0.206. The van der Waals surface area contributed by atoms with E-state index >= 15 is 0 Å². The largest absolute Gasteiger partial charge is 0.550 e. The summed E-state index contributed by atoms with van der Waals surface area (Å²) in [7, 11) is 0. The van der Waals surface area contributed by atoms with Gasteiger partial charge in [-0.05, 0) is 25.2 Å². The summed E-state index contributed by atoms with van der Waals surface area (Å²) in [6.45, 7) is 0. The van der Waals surface area contributed by atoms with E-state index in [0.29, 0.717) is 12.8 Å². The van der Waals surface area contributed by atoms with Crippen molar-refractivity contribution in [3.05, 3.63) is 12.2 Å². The Balaban J connectivity index is 2.26. The maximum atomic E-state index is 10.8. The van der Waals surface area contributed by atoms with Gasteiger partial charge in [-0.25, -0.2) is 0 Å². The highest BCUT2D eigenvalue weighted by atomic mass is 16.4. The molecular formula is C10H10O4-2. The first-order valence-corrected chi connectivity index (χ1v) is 4.63. The van der Waals surface area contributed by atoms with Crippen LogP contribution in [0.5, 0.6) is 0 Å². The normalized spacial score (nSPS) is 38.9. The van der Waals surface area contributed by atoms with E-state index < -0.39 is 23.3 Å². The molecule has 2 bridgehead atoms. The van der Waals surface area contributed by atoms with Crippen molar-refractivity contribution in [1.82, 2.24) is 0 Å². The van der Waals surface area contributed by atoms with Gasteiger partial charge in [0.15, 0.2) is 0 Å². The van der Waals surface area contributed by atoms with Crippen LogP contribution in [0.3, 0.4) is 0 Å². The Kier molecular flexibility index (Phi) is 1.87. The van der Waals surface area contributed by atoms with Crippen molar-refractivity contribution in [2.24, 2.45) is 17.3 Å². The lowest BCUT2D eigenvalue weighted by atomic mass is 9.75. The van der Waals surface area contributed by atoms with E-state index in [1.54, 1.807) is 6.08 Å². The van der Waals surface area contributed by atoms with Crippen LogP contribution in [-0.2, 0) is 9.59 Å². The summed E-state index contributed by atoms with van der Waals surface area (Å²) >= 11 is 0. The van der Waals surface area contributed by atoms with Crippen LogP contribution in [0.25, 0.3) is 0 Å². The van der Waals surface area contributed by atoms with E-state index in [1.165, 1.54) is 0 Å². The van der Waals surface area contributed by atoms with Gasteiger partial charge >= 0.3 is 0 Å². The van der Waals surface area contributed by atoms with Crippen LogP contribution >= 0.6 is 0 Å². The fourth-order valence-corrected chi connectivity index (χ4v) is 2.76. The Morgan fingerprint density at radius 3 is 2.64 bits per heavy atom. The van der Waals surface area contributed by atoms with Crippen LogP contribution in [-0.4, -0.2) is 11.9 Å². The molecule has 0 aliphatic heterocycles. The quantitative estimate of drug-likeness (QED) is 0.510. The van der Waals surface area contributed by atoms with E-state index in [2.05, 4.69) is 0 Å². The summed E-state index contributed by atoms with van der Waals surface area (Å²) in [5.74, 6) is -2.78. The predicted octanol–water partition coefficient (Wildman–Crippen LogP) is -1.54. The lowest BCUT2D eigenvalue weighted by Crippen LogP contribution is -2.42. The molecule has 0 unspecified atom stereocenters. The van der Waals surface area contributed by atoms with Crippen LogP contribution < -0.4 is 10.2 Å². The Morgan fingerprint density at radius 1 is 1.43 bits per heavy atom. The van der Waals surface area contributed by atoms with Gasteiger partial charge in [0, 0.05) is 23.3 Å². The molecule has 76 valence electrons. The molecule has 0 saturated heterocycles. The zero-order chi connectivity index (χ0) is 10.3. The molecule has 1 saturated carbocycles. The van der Waals surface area contributed by atoms with Gasteiger partial charge in [0.25, 0.3) is 0 Å². The molecule has 0 amide bonds. The zero-order valence-electron chi connectivity index (χ0n) is 7.56. The van der Waals surface area contributed by atoms with E-state index in [0.717, 1.165) is 0 Å². The first kappa shape index (κ1) is 9.24. The first-order chi connectivity index (χ1) is 6.53. The number of hydrogen-bond donors (Lipinski definition) is 0. The molecule has 0 heterocycles. The maximum absolute atomic E-state index is 10.8. The van der Waals surface area contributed by atoms with E-state index in [9.17, 15) is 19.8 Å². The second kappa shape index (κ2) is 2.83. The van der Waals surface area contributed by atoms with Crippen LogP contribution in [0.4, 0.5) is 0 Å². The minimum atomic E-state index is -1.19. The molecule has 0 aromatic heterocycles. The zero-order valence-corrected chi connectivity index (χ0v) is 7.56. The summed E-state index contributed by atoms with van der Waals surface area (Å²) in [5.41, 5.74) is -0.734. The number of fused-ring (bicyclic) bond motifs is 2.